The first kappa shape index (κ1) is 15.4. The molecule has 0 N–H and O–H groups in total. The van der Waals surface area contributed by atoms with E-state index in [-0.39, 0.29) is 24.7 Å². The van der Waals surface area contributed by atoms with Crippen LogP contribution < -0.4 is 14.2 Å². The van der Waals surface area contributed by atoms with Crippen molar-refractivity contribution in [2.24, 2.45) is 0 Å². The molecule has 0 atom stereocenters. The first-order valence-electron chi connectivity index (χ1n) is 6.67. The molecule has 1 aliphatic rings. The van der Waals surface area contributed by atoms with Gasteiger partial charge in [-0.25, -0.2) is 9.18 Å². The number of rotatable bonds is 4. The number of esters is 1. The second-order valence-corrected chi connectivity index (χ2v) is 5.14. The zero-order chi connectivity index (χ0) is 16.4. The van der Waals surface area contributed by atoms with E-state index in [1.165, 1.54) is 19.2 Å². The number of hydrogen-bond donors (Lipinski definition) is 0. The fourth-order valence-corrected chi connectivity index (χ4v) is 2.42. The van der Waals surface area contributed by atoms with Gasteiger partial charge in [-0.05, 0) is 35.9 Å². The number of carbonyl (C=O) groups is 1. The molecule has 7 heteroatoms. The van der Waals surface area contributed by atoms with E-state index < -0.39 is 11.8 Å². The average Bonchev–Trinajstić information content (AvgIpc) is 3.01. The highest BCUT2D eigenvalue weighted by molar-refractivity contribution is 6.32. The van der Waals surface area contributed by atoms with Crippen molar-refractivity contribution in [1.29, 1.82) is 0 Å². The molecular weight excluding hydrogens is 327 g/mol. The van der Waals surface area contributed by atoms with Crippen molar-refractivity contribution in [3.8, 4) is 17.2 Å². The van der Waals surface area contributed by atoms with Crippen LogP contribution in [0.1, 0.15) is 15.9 Å². The third kappa shape index (κ3) is 3.17. The highest BCUT2D eigenvalue weighted by Crippen LogP contribution is 2.39. The predicted molar refractivity (Wildman–Crippen MR) is 79.6 cm³/mol. The molecule has 0 saturated carbocycles. The summed E-state index contributed by atoms with van der Waals surface area (Å²) >= 11 is 6.05. The Labute approximate surface area is 136 Å². The van der Waals surface area contributed by atoms with E-state index in [0.29, 0.717) is 22.1 Å². The largest absolute Gasteiger partial charge is 0.494 e. The van der Waals surface area contributed by atoms with Gasteiger partial charge in [0.15, 0.2) is 23.1 Å². The van der Waals surface area contributed by atoms with Crippen molar-refractivity contribution in [3.05, 3.63) is 52.3 Å². The number of carbonyl (C=O) groups excluding carboxylic acids is 1. The maximum atomic E-state index is 13.6. The van der Waals surface area contributed by atoms with Gasteiger partial charge in [-0.3, -0.25) is 0 Å². The van der Waals surface area contributed by atoms with Crippen LogP contribution in [0.15, 0.2) is 30.3 Å². The molecule has 1 heterocycles. The zero-order valence-electron chi connectivity index (χ0n) is 12.1. The van der Waals surface area contributed by atoms with Gasteiger partial charge in [-0.1, -0.05) is 11.6 Å². The van der Waals surface area contributed by atoms with Gasteiger partial charge in [-0.15, -0.1) is 0 Å². The minimum absolute atomic E-state index is 0.0250. The number of hydrogen-bond acceptors (Lipinski definition) is 5. The summed E-state index contributed by atoms with van der Waals surface area (Å²) in [6.07, 6.45) is 0. The van der Waals surface area contributed by atoms with Gasteiger partial charge in [0.25, 0.3) is 0 Å². The lowest BCUT2D eigenvalue weighted by atomic mass is 10.2. The Kier molecular flexibility index (Phi) is 4.25. The Morgan fingerprint density at radius 3 is 2.87 bits per heavy atom. The van der Waals surface area contributed by atoms with Gasteiger partial charge in [-0.2, -0.15) is 0 Å². The molecule has 3 rings (SSSR count). The number of ether oxygens (including phenoxy) is 4. The van der Waals surface area contributed by atoms with Crippen molar-refractivity contribution in [1.82, 2.24) is 0 Å². The van der Waals surface area contributed by atoms with E-state index in [0.717, 1.165) is 6.07 Å². The molecule has 0 saturated heterocycles. The molecule has 23 heavy (non-hydrogen) atoms. The first-order chi connectivity index (χ1) is 11.1. The number of methoxy groups -OCH3 is 1. The summed E-state index contributed by atoms with van der Waals surface area (Å²) in [5.41, 5.74) is 0.733. The fourth-order valence-electron chi connectivity index (χ4n) is 2.13. The number of halogens is 2. The van der Waals surface area contributed by atoms with Crippen molar-refractivity contribution < 1.29 is 28.1 Å². The summed E-state index contributed by atoms with van der Waals surface area (Å²) in [6, 6.07) is 7.15. The normalized spacial score (nSPS) is 12.1. The van der Waals surface area contributed by atoms with E-state index in [2.05, 4.69) is 0 Å². The molecule has 0 fully saturated rings. The van der Waals surface area contributed by atoms with Gasteiger partial charge in [0.2, 0.25) is 6.79 Å². The van der Waals surface area contributed by atoms with E-state index >= 15 is 0 Å². The topological polar surface area (TPSA) is 54.0 Å². The molecule has 0 bridgehead atoms. The average molecular weight is 339 g/mol. The van der Waals surface area contributed by atoms with E-state index in [1.807, 2.05) is 0 Å². The van der Waals surface area contributed by atoms with Crippen LogP contribution in [0.3, 0.4) is 0 Å². The zero-order valence-corrected chi connectivity index (χ0v) is 12.9. The molecule has 5 nitrogen and oxygen atoms in total. The Morgan fingerprint density at radius 1 is 1.30 bits per heavy atom. The molecule has 0 radical (unpaired) electrons. The second-order valence-electron chi connectivity index (χ2n) is 4.74. The van der Waals surface area contributed by atoms with Crippen LogP contribution in [0.5, 0.6) is 17.2 Å². The third-order valence-corrected chi connectivity index (χ3v) is 3.53. The predicted octanol–water partition coefficient (Wildman–Crippen LogP) is 3.57. The molecule has 1 aliphatic heterocycles. The van der Waals surface area contributed by atoms with Crippen LogP contribution in [-0.4, -0.2) is 19.9 Å². The molecule has 120 valence electrons. The van der Waals surface area contributed by atoms with Crippen LogP contribution in [0.2, 0.25) is 5.02 Å². The van der Waals surface area contributed by atoms with Gasteiger partial charge in [0.1, 0.15) is 6.61 Å². The highest BCUT2D eigenvalue weighted by atomic mass is 35.5. The monoisotopic (exact) mass is 338 g/mol. The van der Waals surface area contributed by atoms with Crippen molar-refractivity contribution >= 4 is 17.6 Å². The SMILES string of the molecule is COc1ccc(C(=O)OCc2cc(Cl)c3c(c2)OCO3)cc1F. The van der Waals surface area contributed by atoms with E-state index in [4.69, 9.17) is 30.5 Å². The molecule has 2 aromatic carbocycles. The molecule has 0 amide bonds. The molecule has 0 spiro atoms. The summed E-state index contributed by atoms with van der Waals surface area (Å²) < 4.78 is 34.0. The standard InChI is InChI=1S/C16H12ClFO5/c1-20-13-3-2-10(6-12(13)18)16(19)21-7-9-4-11(17)15-14(5-9)22-8-23-15/h2-6H,7-8H2,1H3. The maximum absolute atomic E-state index is 13.6. The lowest BCUT2D eigenvalue weighted by molar-refractivity contribution is 0.0471. The molecule has 0 aromatic heterocycles. The number of fused-ring (bicyclic) bond motifs is 1. The van der Waals surface area contributed by atoms with Gasteiger partial charge in [0, 0.05) is 0 Å². The Morgan fingerprint density at radius 2 is 2.13 bits per heavy atom. The molecule has 0 aliphatic carbocycles. The molecule has 2 aromatic rings. The number of benzene rings is 2. The third-order valence-electron chi connectivity index (χ3n) is 3.24. The summed E-state index contributed by atoms with van der Waals surface area (Å²) in [5.74, 6) is -0.254. The van der Waals surface area contributed by atoms with Crippen LogP contribution >= 0.6 is 11.6 Å². The molecule has 0 unspecified atom stereocenters. The molecular formula is C16H12ClFO5. The Bertz CT molecular complexity index is 762. The van der Waals surface area contributed by atoms with E-state index in [1.54, 1.807) is 12.1 Å². The summed E-state index contributed by atoms with van der Waals surface area (Å²) in [5, 5.41) is 0.376. The van der Waals surface area contributed by atoms with Crippen molar-refractivity contribution in [2.45, 2.75) is 6.61 Å². The van der Waals surface area contributed by atoms with Gasteiger partial charge < -0.3 is 18.9 Å². The van der Waals surface area contributed by atoms with Gasteiger partial charge in [0.05, 0.1) is 17.7 Å². The van der Waals surface area contributed by atoms with Crippen molar-refractivity contribution in [3.63, 3.8) is 0 Å². The quantitative estimate of drug-likeness (QED) is 0.798. The minimum Gasteiger partial charge on any atom is -0.494 e. The van der Waals surface area contributed by atoms with Crippen LogP contribution in [0.4, 0.5) is 4.39 Å². The Balaban J connectivity index is 1.70. The summed E-state index contributed by atoms with van der Waals surface area (Å²) in [4.78, 5) is 12.0. The van der Waals surface area contributed by atoms with Crippen molar-refractivity contribution in [2.75, 3.05) is 13.9 Å². The summed E-state index contributed by atoms with van der Waals surface area (Å²) in [6.45, 7) is 0.0757. The smallest absolute Gasteiger partial charge is 0.338 e. The second kappa shape index (κ2) is 6.34. The lowest BCUT2D eigenvalue weighted by Crippen LogP contribution is -2.06. The van der Waals surface area contributed by atoms with Crippen LogP contribution in [0, 0.1) is 5.82 Å². The summed E-state index contributed by atoms with van der Waals surface area (Å²) in [7, 11) is 1.35. The highest BCUT2D eigenvalue weighted by Gasteiger charge is 2.19. The minimum atomic E-state index is -0.652. The van der Waals surface area contributed by atoms with E-state index in [9.17, 15) is 9.18 Å². The fraction of sp³-hybridized carbons (Fsp3) is 0.188. The lowest BCUT2D eigenvalue weighted by Gasteiger charge is -2.08. The maximum Gasteiger partial charge on any atom is 0.338 e. The first-order valence-corrected chi connectivity index (χ1v) is 7.05. The van der Waals surface area contributed by atoms with Crippen LogP contribution in [0.25, 0.3) is 0 Å². The van der Waals surface area contributed by atoms with Gasteiger partial charge >= 0.3 is 5.97 Å². The van der Waals surface area contributed by atoms with Crippen LogP contribution in [-0.2, 0) is 11.3 Å². The Hall–Kier alpha value is -2.47.